The van der Waals surface area contributed by atoms with E-state index in [0.29, 0.717) is 19.1 Å². The van der Waals surface area contributed by atoms with Crippen LogP contribution in [0.3, 0.4) is 0 Å². The summed E-state index contributed by atoms with van der Waals surface area (Å²) < 4.78 is 5.03. The molecular formula is C12H24N2O3. The molecule has 0 aromatic rings. The normalized spacial score (nSPS) is 27.9. The van der Waals surface area contributed by atoms with Gasteiger partial charge < -0.3 is 19.6 Å². The minimum Gasteiger partial charge on any atom is -0.481 e. The molecule has 1 fully saturated rings. The zero-order valence-electron chi connectivity index (χ0n) is 11.1. The third-order valence-electron chi connectivity index (χ3n) is 3.43. The molecule has 2 atom stereocenters. The van der Waals surface area contributed by atoms with Crippen LogP contribution in [0.2, 0.25) is 0 Å². The Labute approximate surface area is 103 Å². The average molecular weight is 244 g/mol. The van der Waals surface area contributed by atoms with E-state index in [2.05, 4.69) is 16.7 Å². The summed E-state index contributed by atoms with van der Waals surface area (Å²) in [5.74, 6) is -0.977. The number of hydrogen-bond donors (Lipinski definition) is 1. The minimum absolute atomic E-state index is 0.285. The molecule has 1 aliphatic heterocycles. The van der Waals surface area contributed by atoms with Gasteiger partial charge >= 0.3 is 5.97 Å². The second kappa shape index (κ2) is 6.93. The lowest BCUT2D eigenvalue weighted by atomic mass is 10.1. The van der Waals surface area contributed by atoms with Gasteiger partial charge in [-0.2, -0.15) is 0 Å². The Morgan fingerprint density at radius 1 is 1.41 bits per heavy atom. The van der Waals surface area contributed by atoms with E-state index in [9.17, 15) is 9.90 Å². The van der Waals surface area contributed by atoms with Crippen molar-refractivity contribution in [1.29, 1.82) is 0 Å². The molecule has 0 spiro atoms. The largest absolute Gasteiger partial charge is 0.481 e. The van der Waals surface area contributed by atoms with Gasteiger partial charge in [0.25, 0.3) is 0 Å². The van der Waals surface area contributed by atoms with Crippen LogP contribution in [0.4, 0.5) is 0 Å². The third-order valence-corrected chi connectivity index (χ3v) is 3.43. The summed E-state index contributed by atoms with van der Waals surface area (Å²) >= 11 is 0. The van der Waals surface area contributed by atoms with E-state index in [0.717, 1.165) is 26.1 Å². The molecule has 1 rings (SSSR count). The predicted octanol–water partition coefficient (Wildman–Crippen LogP) is 0.360. The van der Waals surface area contributed by atoms with Gasteiger partial charge in [-0.1, -0.05) is 0 Å². The molecule has 0 aliphatic carbocycles. The molecule has 0 saturated carbocycles. The van der Waals surface area contributed by atoms with Gasteiger partial charge in [0.1, 0.15) is 0 Å². The highest BCUT2D eigenvalue weighted by molar-refractivity contribution is 5.70. The first-order valence-electron chi connectivity index (χ1n) is 6.19. The van der Waals surface area contributed by atoms with Gasteiger partial charge in [-0.25, -0.2) is 0 Å². The van der Waals surface area contributed by atoms with Crippen LogP contribution in [0.15, 0.2) is 0 Å². The van der Waals surface area contributed by atoms with Crippen molar-refractivity contribution in [3.8, 4) is 0 Å². The highest BCUT2D eigenvalue weighted by Gasteiger charge is 2.29. The van der Waals surface area contributed by atoms with Gasteiger partial charge in [0.05, 0.1) is 5.92 Å². The molecule has 5 nitrogen and oxygen atoms in total. The molecule has 0 aromatic heterocycles. The number of nitrogens with zero attached hydrogens (tertiary/aromatic N) is 2. The summed E-state index contributed by atoms with van der Waals surface area (Å²) in [6.07, 6.45) is 0.958. The van der Waals surface area contributed by atoms with Crippen molar-refractivity contribution in [2.24, 2.45) is 5.92 Å². The Hall–Kier alpha value is -0.650. The van der Waals surface area contributed by atoms with Crippen LogP contribution in [-0.4, -0.2) is 73.9 Å². The standard InChI is InChI=1S/C12H24N2O3/c1-10-7-14(5-4-6-17-3)9-11(12(15)16)8-13(10)2/h10-11H,4-9H2,1-3H3,(H,15,16). The summed E-state index contributed by atoms with van der Waals surface area (Å²) in [6.45, 7) is 6.01. The number of carboxylic acid groups (broad SMARTS) is 1. The molecule has 0 amide bonds. The molecule has 1 N–H and O–H groups in total. The summed E-state index contributed by atoms with van der Waals surface area (Å²) in [7, 11) is 3.69. The molecular weight excluding hydrogens is 220 g/mol. The lowest BCUT2D eigenvalue weighted by molar-refractivity contribution is -0.142. The van der Waals surface area contributed by atoms with Crippen LogP contribution < -0.4 is 0 Å². The quantitative estimate of drug-likeness (QED) is 0.708. The first kappa shape index (κ1) is 14.4. The number of aliphatic carboxylic acids is 1. The Bertz CT molecular complexity index is 248. The highest BCUT2D eigenvalue weighted by atomic mass is 16.5. The van der Waals surface area contributed by atoms with E-state index in [1.807, 2.05) is 7.05 Å². The molecule has 1 aliphatic rings. The van der Waals surface area contributed by atoms with E-state index in [4.69, 9.17) is 4.74 Å². The van der Waals surface area contributed by atoms with E-state index >= 15 is 0 Å². The maximum absolute atomic E-state index is 11.2. The van der Waals surface area contributed by atoms with Crippen molar-refractivity contribution in [3.63, 3.8) is 0 Å². The second-order valence-electron chi connectivity index (χ2n) is 4.93. The van der Waals surface area contributed by atoms with E-state index < -0.39 is 5.97 Å². The van der Waals surface area contributed by atoms with Crippen LogP contribution in [-0.2, 0) is 9.53 Å². The molecule has 0 bridgehead atoms. The van der Waals surface area contributed by atoms with Crippen LogP contribution in [0.5, 0.6) is 0 Å². The SMILES string of the molecule is COCCCN1CC(C(=O)O)CN(C)C(C)C1. The fourth-order valence-electron chi connectivity index (χ4n) is 2.26. The van der Waals surface area contributed by atoms with Crippen LogP contribution in [0, 0.1) is 5.92 Å². The van der Waals surface area contributed by atoms with Crippen LogP contribution >= 0.6 is 0 Å². The van der Waals surface area contributed by atoms with Crippen molar-refractivity contribution in [3.05, 3.63) is 0 Å². The Morgan fingerprint density at radius 2 is 2.12 bits per heavy atom. The first-order valence-corrected chi connectivity index (χ1v) is 6.19. The van der Waals surface area contributed by atoms with Crippen molar-refractivity contribution in [2.75, 3.05) is 46.9 Å². The molecule has 0 aromatic carbocycles. The number of ether oxygens (including phenoxy) is 1. The fourth-order valence-corrected chi connectivity index (χ4v) is 2.26. The molecule has 1 heterocycles. The second-order valence-corrected chi connectivity index (χ2v) is 4.93. The maximum atomic E-state index is 11.2. The number of carbonyl (C=O) groups is 1. The average Bonchev–Trinajstić information content (AvgIpc) is 2.40. The third kappa shape index (κ3) is 4.61. The van der Waals surface area contributed by atoms with E-state index in [1.54, 1.807) is 7.11 Å². The Morgan fingerprint density at radius 3 is 2.71 bits per heavy atom. The van der Waals surface area contributed by atoms with Crippen molar-refractivity contribution in [2.45, 2.75) is 19.4 Å². The zero-order valence-corrected chi connectivity index (χ0v) is 11.1. The molecule has 0 radical (unpaired) electrons. The lowest BCUT2D eigenvalue weighted by Gasteiger charge is -2.25. The van der Waals surface area contributed by atoms with Crippen molar-refractivity contribution < 1.29 is 14.6 Å². The van der Waals surface area contributed by atoms with Crippen molar-refractivity contribution >= 4 is 5.97 Å². The van der Waals surface area contributed by atoms with Gasteiger partial charge in [-0.3, -0.25) is 4.79 Å². The maximum Gasteiger partial charge on any atom is 0.309 e. The Balaban J connectivity index is 2.54. The summed E-state index contributed by atoms with van der Waals surface area (Å²) in [4.78, 5) is 15.5. The Kier molecular flexibility index (Phi) is 5.88. The van der Waals surface area contributed by atoms with Gasteiger partial charge in [0.15, 0.2) is 0 Å². The highest BCUT2D eigenvalue weighted by Crippen LogP contribution is 2.13. The fraction of sp³-hybridized carbons (Fsp3) is 0.917. The smallest absolute Gasteiger partial charge is 0.309 e. The lowest BCUT2D eigenvalue weighted by Crippen LogP contribution is -2.37. The summed E-state index contributed by atoms with van der Waals surface area (Å²) in [5, 5.41) is 9.18. The zero-order chi connectivity index (χ0) is 12.8. The predicted molar refractivity (Wildman–Crippen MR) is 66.2 cm³/mol. The summed E-state index contributed by atoms with van der Waals surface area (Å²) in [6, 6.07) is 0.405. The molecule has 100 valence electrons. The number of carboxylic acids is 1. The van der Waals surface area contributed by atoms with Gasteiger partial charge in [0, 0.05) is 45.9 Å². The minimum atomic E-state index is -0.692. The van der Waals surface area contributed by atoms with Gasteiger partial charge in [-0.15, -0.1) is 0 Å². The van der Waals surface area contributed by atoms with E-state index in [-0.39, 0.29) is 5.92 Å². The van der Waals surface area contributed by atoms with Crippen molar-refractivity contribution in [1.82, 2.24) is 9.80 Å². The monoisotopic (exact) mass is 244 g/mol. The topological polar surface area (TPSA) is 53.0 Å². The molecule has 5 heteroatoms. The number of methoxy groups -OCH3 is 1. The van der Waals surface area contributed by atoms with Crippen LogP contribution in [0.1, 0.15) is 13.3 Å². The number of hydrogen-bond acceptors (Lipinski definition) is 4. The molecule has 2 unspecified atom stereocenters. The number of rotatable bonds is 5. The van der Waals surface area contributed by atoms with Crippen LogP contribution in [0.25, 0.3) is 0 Å². The van der Waals surface area contributed by atoms with Gasteiger partial charge in [-0.05, 0) is 20.4 Å². The van der Waals surface area contributed by atoms with E-state index in [1.165, 1.54) is 0 Å². The first-order chi connectivity index (χ1) is 8.04. The summed E-state index contributed by atoms with van der Waals surface area (Å²) in [5.41, 5.74) is 0. The molecule has 17 heavy (non-hydrogen) atoms. The van der Waals surface area contributed by atoms with Gasteiger partial charge in [0.2, 0.25) is 0 Å². The molecule has 1 saturated heterocycles. The number of likely N-dealkylation sites (N-methyl/N-ethyl adjacent to an activating group) is 1.